The second-order valence-electron chi connectivity index (χ2n) is 3.34. The van der Waals surface area contributed by atoms with E-state index in [-0.39, 0.29) is 0 Å². The van der Waals surface area contributed by atoms with Crippen molar-refractivity contribution in [1.82, 2.24) is 0 Å². The number of halogens is 2. The van der Waals surface area contributed by atoms with Gasteiger partial charge in [0.25, 0.3) is 0 Å². The van der Waals surface area contributed by atoms with Crippen LogP contribution in [0, 0.1) is 0 Å². The zero-order valence-corrected chi connectivity index (χ0v) is 11.9. The van der Waals surface area contributed by atoms with Crippen LogP contribution in [0.25, 0.3) is 0 Å². The van der Waals surface area contributed by atoms with Crippen LogP contribution in [-0.4, -0.2) is 11.7 Å². The maximum atomic E-state index is 10.1. The van der Waals surface area contributed by atoms with Crippen molar-refractivity contribution in [3.05, 3.63) is 31.0 Å². The van der Waals surface area contributed by atoms with Crippen LogP contribution in [0.4, 0.5) is 0 Å². The predicted octanol–water partition coefficient (Wildman–Crippen LogP) is 4.00. The van der Waals surface area contributed by atoms with E-state index >= 15 is 0 Å². The molecule has 1 aromatic heterocycles. The van der Waals surface area contributed by atoms with Crippen LogP contribution in [0.1, 0.15) is 23.8 Å². The minimum absolute atomic E-state index is 0.530. The van der Waals surface area contributed by atoms with Gasteiger partial charge in [-0.3, -0.25) is 0 Å². The number of ether oxygens (including phenoxy) is 1. The lowest BCUT2D eigenvalue weighted by Gasteiger charge is -2.17. The molecular weight excluding hydrogens is 344 g/mol. The fraction of sp³-hybridized carbons (Fsp3) is 0.400. The lowest BCUT2D eigenvalue weighted by atomic mass is 10.0. The minimum Gasteiger partial charge on any atom is -0.501 e. The van der Waals surface area contributed by atoms with Gasteiger partial charge in [0.05, 0.1) is 16.7 Å². The van der Waals surface area contributed by atoms with Gasteiger partial charge in [-0.25, -0.2) is 0 Å². The SMILES string of the molecule is OC(C1=COCCC1)c1cc(Br)c(Br)s1. The van der Waals surface area contributed by atoms with Crippen LogP contribution in [-0.2, 0) is 4.74 Å². The van der Waals surface area contributed by atoms with Crippen molar-refractivity contribution in [2.24, 2.45) is 0 Å². The van der Waals surface area contributed by atoms with Crippen molar-refractivity contribution in [3.8, 4) is 0 Å². The molecule has 0 fully saturated rings. The van der Waals surface area contributed by atoms with Gasteiger partial charge in [-0.05, 0) is 56.3 Å². The van der Waals surface area contributed by atoms with Crippen molar-refractivity contribution in [3.63, 3.8) is 0 Å². The molecule has 1 aliphatic rings. The Balaban J connectivity index is 2.19. The molecule has 1 unspecified atom stereocenters. The summed E-state index contributed by atoms with van der Waals surface area (Å²) in [5, 5.41) is 10.1. The number of hydrogen-bond acceptors (Lipinski definition) is 3. The van der Waals surface area contributed by atoms with Gasteiger partial charge in [0, 0.05) is 9.35 Å². The summed E-state index contributed by atoms with van der Waals surface area (Å²) in [6, 6.07) is 1.94. The lowest BCUT2D eigenvalue weighted by molar-refractivity contribution is 0.172. The number of aliphatic hydroxyl groups excluding tert-OH is 1. The molecule has 2 rings (SSSR count). The standard InChI is InChI=1S/C10H10Br2O2S/c11-7-4-8(15-10(7)12)9(13)6-2-1-3-14-5-6/h4-5,9,13H,1-3H2. The molecule has 1 aliphatic heterocycles. The molecule has 0 saturated heterocycles. The van der Waals surface area contributed by atoms with Gasteiger partial charge in [0.2, 0.25) is 0 Å². The van der Waals surface area contributed by atoms with E-state index in [9.17, 15) is 5.11 Å². The van der Waals surface area contributed by atoms with Crippen LogP contribution in [0.2, 0.25) is 0 Å². The minimum atomic E-state index is -0.530. The molecule has 2 nitrogen and oxygen atoms in total. The normalized spacial score (nSPS) is 18.2. The molecule has 1 atom stereocenters. The molecular formula is C10H10Br2O2S. The largest absolute Gasteiger partial charge is 0.501 e. The monoisotopic (exact) mass is 352 g/mol. The maximum absolute atomic E-state index is 10.1. The molecule has 15 heavy (non-hydrogen) atoms. The zero-order valence-electron chi connectivity index (χ0n) is 7.87. The van der Waals surface area contributed by atoms with Crippen molar-refractivity contribution in [2.75, 3.05) is 6.61 Å². The molecule has 0 amide bonds. The molecule has 0 radical (unpaired) electrons. The number of thiophene rings is 1. The Bertz CT molecular complexity index is 367. The van der Waals surface area contributed by atoms with Crippen molar-refractivity contribution in [2.45, 2.75) is 18.9 Å². The summed E-state index contributed by atoms with van der Waals surface area (Å²) >= 11 is 8.37. The maximum Gasteiger partial charge on any atom is 0.113 e. The molecule has 0 bridgehead atoms. The van der Waals surface area contributed by atoms with Crippen molar-refractivity contribution in [1.29, 1.82) is 0 Å². The molecule has 0 saturated carbocycles. The Labute approximate surface area is 109 Å². The molecule has 5 heteroatoms. The third-order valence-corrected chi connectivity index (χ3v) is 5.56. The Morgan fingerprint density at radius 2 is 2.27 bits per heavy atom. The highest BCUT2D eigenvalue weighted by Gasteiger charge is 2.19. The average molecular weight is 354 g/mol. The zero-order chi connectivity index (χ0) is 10.8. The van der Waals surface area contributed by atoms with Gasteiger partial charge in [-0.1, -0.05) is 0 Å². The first-order valence-corrected chi connectivity index (χ1v) is 7.02. The Kier molecular flexibility index (Phi) is 3.88. The molecule has 0 aliphatic carbocycles. The van der Waals surface area contributed by atoms with E-state index in [4.69, 9.17) is 4.74 Å². The van der Waals surface area contributed by atoms with Gasteiger partial charge in [-0.15, -0.1) is 11.3 Å². The molecule has 2 heterocycles. The Morgan fingerprint density at radius 3 is 2.80 bits per heavy atom. The summed E-state index contributed by atoms with van der Waals surface area (Å²) in [5.41, 5.74) is 0.961. The quantitative estimate of drug-likeness (QED) is 0.870. The summed E-state index contributed by atoms with van der Waals surface area (Å²) in [7, 11) is 0. The fourth-order valence-electron chi connectivity index (χ4n) is 1.47. The van der Waals surface area contributed by atoms with Gasteiger partial charge in [0.15, 0.2) is 0 Å². The molecule has 1 aromatic rings. The highest BCUT2D eigenvalue weighted by molar-refractivity contribution is 9.13. The Morgan fingerprint density at radius 1 is 1.47 bits per heavy atom. The lowest BCUT2D eigenvalue weighted by Crippen LogP contribution is -2.06. The van der Waals surface area contributed by atoms with Crippen LogP contribution in [0.5, 0.6) is 0 Å². The molecule has 1 N–H and O–H groups in total. The van der Waals surface area contributed by atoms with E-state index in [2.05, 4.69) is 31.9 Å². The second-order valence-corrected chi connectivity index (χ2v) is 6.60. The first-order chi connectivity index (χ1) is 7.18. The highest BCUT2D eigenvalue weighted by Crippen LogP contribution is 2.38. The average Bonchev–Trinajstić information content (AvgIpc) is 2.59. The predicted molar refractivity (Wildman–Crippen MR) is 67.9 cm³/mol. The van der Waals surface area contributed by atoms with E-state index in [1.54, 1.807) is 6.26 Å². The van der Waals surface area contributed by atoms with Gasteiger partial charge >= 0.3 is 0 Å². The first-order valence-electron chi connectivity index (χ1n) is 4.62. The summed E-state index contributed by atoms with van der Waals surface area (Å²) in [4.78, 5) is 0.936. The fourth-order valence-corrected chi connectivity index (χ4v) is 3.59. The van der Waals surface area contributed by atoms with Gasteiger partial charge < -0.3 is 9.84 Å². The van der Waals surface area contributed by atoms with Crippen LogP contribution < -0.4 is 0 Å². The first kappa shape index (κ1) is 11.6. The van der Waals surface area contributed by atoms with Gasteiger partial charge in [0.1, 0.15) is 6.10 Å². The van der Waals surface area contributed by atoms with E-state index in [1.165, 1.54) is 11.3 Å². The number of hydrogen-bond donors (Lipinski definition) is 1. The van der Waals surface area contributed by atoms with Gasteiger partial charge in [-0.2, -0.15) is 0 Å². The topological polar surface area (TPSA) is 29.5 Å². The second kappa shape index (κ2) is 4.99. The highest BCUT2D eigenvalue weighted by atomic mass is 79.9. The van der Waals surface area contributed by atoms with E-state index < -0.39 is 6.10 Å². The van der Waals surface area contributed by atoms with Crippen LogP contribution in [0.15, 0.2) is 26.2 Å². The van der Waals surface area contributed by atoms with E-state index in [0.717, 1.165) is 38.2 Å². The van der Waals surface area contributed by atoms with E-state index in [1.807, 2.05) is 6.07 Å². The van der Waals surface area contributed by atoms with Crippen molar-refractivity contribution < 1.29 is 9.84 Å². The summed E-state index contributed by atoms with van der Waals surface area (Å²) in [6.07, 6.45) is 3.05. The molecule has 0 aromatic carbocycles. The Hall–Kier alpha value is 0.160. The summed E-state index contributed by atoms with van der Waals surface area (Å²) < 4.78 is 7.21. The number of rotatable bonds is 2. The van der Waals surface area contributed by atoms with Crippen LogP contribution >= 0.6 is 43.2 Å². The molecule has 0 spiro atoms. The summed E-state index contributed by atoms with van der Waals surface area (Å²) in [5.74, 6) is 0. The number of aliphatic hydroxyl groups is 1. The smallest absolute Gasteiger partial charge is 0.113 e. The molecule has 82 valence electrons. The van der Waals surface area contributed by atoms with E-state index in [0.29, 0.717) is 0 Å². The van der Waals surface area contributed by atoms with Crippen molar-refractivity contribution >= 4 is 43.2 Å². The third-order valence-electron chi connectivity index (χ3n) is 2.25. The third kappa shape index (κ3) is 2.64. The van der Waals surface area contributed by atoms with Crippen LogP contribution in [0.3, 0.4) is 0 Å². The summed E-state index contributed by atoms with van der Waals surface area (Å²) in [6.45, 7) is 0.758.